The van der Waals surface area contributed by atoms with Crippen molar-refractivity contribution in [1.82, 2.24) is 4.98 Å². The van der Waals surface area contributed by atoms with Crippen LogP contribution in [0.3, 0.4) is 0 Å². The van der Waals surface area contributed by atoms with Crippen molar-refractivity contribution in [2.24, 2.45) is 0 Å². The summed E-state index contributed by atoms with van der Waals surface area (Å²) in [5.41, 5.74) is 0.439. The van der Waals surface area contributed by atoms with Gasteiger partial charge in [0.2, 0.25) is 5.76 Å². The van der Waals surface area contributed by atoms with Crippen LogP contribution >= 0.6 is 0 Å². The lowest BCUT2D eigenvalue weighted by molar-refractivity contribution is 0.0640. The van der Waals surface area contributed by atoms with Gasteiger partial charge in [-0.25, -0.2) is 9.78 Å². The number of ether oxygens (including phenoxy) is 1. The molecule has 0 spiro atoms. The molecular formula is C11H15NO4. The maximum absolute atomic E-state index is 11.0. The molecule has 1 aliphatic heterocycles. The molecule has 1 aromatic rings. The molecule has 1 saturated heterocycles. The van der Waals surface area contributed by atoms with Gasteiger partial charge in [0.25, 0.3) is 0 Å². The molecule has 2 rings (SSSR count). The number of hydrogen-bond donors (Lipinski definition) is 1. The zero-order chi connectivity index (χ0) is 11.7. The van der Waals surface area contributed by atoms with Crippen molar-refractivity contribution < 1.29 is 19.1 Å². The lowest BCUT2D eigenvalue weighted by atomic mass is 10.1. The Morgan fingerprint density at radius 2 is 2.31 bits per heavy atom. The van der Waals surface area contributed by atoms with Crippen molar-refractivity contribution in [3.05, 3.63) is 17.3 Å². The SMILES string of the molecule is CC(C)c1nc(C2CCCO2)c(C(=O)O)o1. The zero-order valence-electron chi connectivity index (χ0n) is 9.40. The van der Waals surface area contributed by atoms with Crippen molar-refractivity contribution in [1.29, 1.82) is 0 Å². The summed E-state index contributed by atoms with van der Waals surface area (Å²) in [4.78, 5) is 15.3. The van der Waals surface area contributed by atoms with Crippen molar-refractivity contribution in [3.8, 4) is 0 Å². The highest BCUT2D eigenvalue weighted by molar-refractivity contribution is 5.85. The second kappa shape index (κ2) is 4.25. The summed E-state index contributed by atoms with van der Waals surface area (Å²) in [5, 5.41) is 9.03. The van der Waals surface area contributed by atoms with Gasteiger partial charge in [-0.1, -0.05) is 13.8 Å². The van der Waals surface area contributed by atoms with E-state index in [9.17, 15) is 4.79 Å². The van der Waals surface area contributed by atoms with Gasteiger partial charge >= 0.3 is 5.97 Å². The Morgan fingerprint density at radius 1 is 1.56 bits per heavy atom. The fraction of sp³-hybridized carbons (Fsp3) is 0.636. The van der Waals surface area contributed by atoms with Crippen LogP contribution in [-0.4, -0.2) is 22.7 Å². The van der Waals surface area contributed by atoms with Crippen LogP contribution in [0.15, 0.2) is 4.42 Å². The molecule has 5 heteroatoms. The van der Waals surface area contributed by atoms with Gasteiger partial charge in [0.1, 0.15) is 11.8 Å². The van der Waals surface area contributed by atoms with Gasteiger partial charge in [-0.15, -0.1) is 0 Å². The summed E-state index contributed by atoms with van der Waals surface area (Å²) in [7, 11) is 0. The highest BCUT2D eigenvalue weighted by atomic mass is 16.5. The van der Waals surface area contributed by atoms with Gasteiger partial charge in [-0.2, -0.15) is 0 Å². The van der Waals surface area contributed by atoms with Gasteiger partial charge < -0.3 is 14.3 Å². The Hall–Kier alpha value is -1.36. The summed E-state index contributed by atoms with van der Waals surface area (Å²) in [5.74, 6) is -0.614. The van der Waals surface area contributed by atoms with Crippen molar-refractivity contribution in [3.63, 3.8) is 0 Å². The molecule has 88 valence electrons. The number of carbonyl (C=O) groups is 1. The first-order valence-corrected chi connectivity index (χ1v) is 5.45. The molecule has 16 heavy (non-hydrogen) atoms. The normalized spacial score (nSPS) is 20.6. The van der Waals surface area contributed by atoms with Gasteiger partial charge in [-0.3, -0.25) is 0 Å². The maximum atomic E-state index is 11.0. The van der Waals surface area contributed by atoms with E-state index in [-0.39, 0.29) is 17.8 Å². The Kier molecular flexibility index (Phi) is 2.96. The predicted octanol–water partition coefficient (Wildman–Crippen LogP) is 2.35. The molecule has 0 aromatic carbocycles. The highest BCUT2D eigenvalue weighted by Gasteiger charge is 2.29. The smallest absolute Gasteiger partial charge is 0.373 e. The van der Waals surface area contributed by atoms with Crippen molar-refractivity contribution in [2.75, 3.05) is 6.61 Å². The first kappa shape index (κ1) is 11.1. The van der Waals surface area contributed by atoms with E-state index in [1.807, 2.05) is 13.8 Å². The van der Waals surface area contributed by atoms with Crippen molar-refractivity contribution >= 4 is 5.97 Å². The molecule has 5 nitrogen and oxygen atoms in total. The quantitative estimate of drug-likeness (QED) is 0.854. The molecule has 1 fully saturated rings. The largest absolute Gasteiger partial charge is 0.475 e. The van der Waals surface area contributed by atoms with E-state index in [2.05, 4.69) is 4.98 Å². The first-order valence-electron chi connectivity index (χ1n) is 5.45. The summed E-state index contributed by atoms with van der Waals surface area (Å²) in [6.45, 7) is 4.49. The van der Waals surface area contributed by atoms with Crippen LogP contribution in [-0.2, 0) is 4.74 Å². The van der Waals surface area contributed by atoms with E-state index in [0.29, 0.717) is 18.2 Å². The lowest BCUT2D eigenvalue weighted by Crippen LogP contribution is -2.05. The summed E-state index contributed by atoms with van der Waals surface area (Å²) >= 11 is 0. The summed E-state index contributed by atoms with van der Waals surface area (Å²) in [6, 6.07) is 0. The van der Waals surface area contributed by atoms with Gasteiger partial charge in [-0.05, 0) is 12.8 Å². The topological polar surface area (TPSA) is 72.6 Å². The molecule has 1 aliphatic rings. The molecule has 1 aromatic heterocycles. The van der Waals surface area contributed by atoms with Crippen LogP contribution in [0, 0.1) is 0 Å². The predicted molar refractivity (Wildman–Crippen MR) is 55.5 cm³/mol. The molecule has 0 amide bonds. The van der Waals surface area contributed by atoms with E-state index >= 15 is 0 Å². The van der Waals surface area contributed by atoms with Gasteiger partial charge in [0.15, 0.2) is 5.89 Å². The molecule has 0 aliphatic carbocycles. The van der Waals surface area contributed by atoms with Crippen molar-refractivity contribution in [2.45, 2.75) is 38.7 Å². The van der Waals surface area contributed by atoms with Crippen LogP contribution in [0.1, 0.15) is 60.9 Å². The Labute approximate surface area is 93.4 Å². The second-order valence-corrected chi connectivity index (χ2v) is 4.23. The minimum Gasteiger partial charge on any atom is -0.475 e. The fourth-order valence-corrected chi connectivity index (χ4v) is 1.76. The molecule has 1 N–H and O–H groups in total. The standard InChI is InChI=1S/C11H15NO4/c1-6(2)10-12-8(7-4-3-5-15-7)9(16-10)11(13)14/h6-7H,3-5H2,1-2H3,(H,13,14). The summed E-state index contributed by atoms with van der Waals surface area (Å²) in [6.07, 6.45) is 1.53. The third-order valence-corrected chi connectivity index (χ3v) is 2.59. The molecule has 0 radical (unpaired) electrons. The number of rotatable bonds is 3. The highest BCUT2D eigenvalue weighted by Crippen LogP contribution is 2.32. The minimum absolute atomic E-state index is 0.0735. The van der Waals surface area contributed by atoms with E-state index in [1.54, 1.807) is 0 Å². The molecule has 0 saturated carbocycles. The first-order chi connectivity index (χ1) is 7.59. The van der Waals surface area contributed by atoms with Gasteiger partial charge in [0.05, 0.1) is 0 Å². The number of nitrogens with zero attached hydrogens (tertiary/aromatic N) is 1. The van der Waals surface area contributed by atoms with Gasteiger partial charge in [0, 0.05) is 12.5 Å². The molecule has 1 atom stereocenters. The average Bonchev–Trinajstić information content (AvgIpc) is 2.86. The zero-order valence-corrected chi connectivity index (χ0v) is 9.40. The Balaban J connectivity index is 2.37. The van der Waals surface area contributed by atoms with Crippen LogP contribution in [0.4, 0.5) is 0 Å². The third-order valence-electron chi connectivity index (χ3n) is 2.59. The average molecular weight is 225 g/mol. The maximum Gasteiger partial charge on any atom is 0.373 e. The third kappa shape index (κ3) is 1.95. The molecule has 1 unspecified atom stereocenters. The minimum atomic E-state index is -1.08. The molecule has 0 bridgehead atoms. The number of oxazole rings is 1. The number of carboxylic acids is 1. The Bertz CT molecular complexity index is 391. The number of aromatic carboxylic acids is 1. The van der Waals surface area contributed by atoms with Crippen LogP contribution in [0.5, 0.6) is 0 Å². The van der Waals surface area contributed by atoms with E-state index in [1.165, 1.54) is 0 Å². The van der Waals surface area contributed by atoms with E-state index in [0.717, 1.165) is 12.8 Å². The molecular weight excluding hydrogens is 210 g/mol. The number of carboxylic acid groups (broad SMARTS) is 1. The van der Waals surface area contributed by atoms with Crippen LogP contribution < -0.4 is 0 Å². The molecule has 2 heterocycles. The Morgan fingerprint density at radius 3 is 2.81 bits per heavy atom. The summed E-state index contributed by atoms with van der Waals surface area (Å²) < 4.78 is 10.7. The number of aromatic nitrogens is 1. The lowest BCUT2D eigenvalue weighted by Gasteiger charge is -2.04. The monoisotopic (exact) mass is 225 g/mol. The fourth-order valence-electron chi connectivity index (χ4n) is 1.76. The number of hydrogen-bond acceptors (Lipinski definition) is 4. The van der Waals surface area contributed by atoms with Crippen LogP contribution in [0.25, 0.3) is 0 Å². The van der Waals surface area contributed by atoms with Crippen LogP contribution in [0.2, 0.25) is 0 Å². The second-order valence-electron chi connectivity index (χ2n) is 4.23. The van der Waals surface area contributed by atoms with E-state index < -0.39 is 5.97 Å². The van der Waals surface area contributed by atoms with E-state index in [4.69, 9.17) is 14.3 Å².